The van der Waals surface area contributed by atoms with Crippen molar-refractivity contribution in [1.82, 2.24) is 10.6 Å². The summed E-state index contributed by atoms with van der Waals surface area (Å²) >= 11 is 7.61. The van der Waals surface area contributed by atoms with Gasteiger partial charge in [-0.15, -0.1) is 11.3 Å². The summed E-state index contributed by atoms with van der Waals surface area (Å²) in [7, 11) is 0. The van der Waals surface area contributed by atoms with Gasteiger partial charge in [0.2, 0.25) is 0 Å². The quantitative estimate of drug-likeness (QED) is 0.888. The topological polar surface area (TPSA) is 64.9 Å². The summed E-state index contributed by atoms with van der Waals surface area (Å²) in [6.07, 6.45) is 0.827. The molecule has 0 aliphatic carbocycles. The van der Waals surface area contributed by atoms with Crippen LogP contribution in [-0.4, -0.2) is 12.6 Å². The smallest absolute Gasteiger partial charge is 0.315 e. The fraction of sp³-hybridized carbons (Fsp3) is 0.200. The number of hydrogen-bond acceptors (Lipinski definition) is 3. The number of carbonyl (C=O) groups excluding carboxylic acids is 1. The minimum absolute atomic E-state index is 0.216. The lowest BCUT2D eigenvalue weighted by molar-refractivity contribution is 0.240. The van der Waals surface area contributed by atoms with Gasteiger partial charge in [0.25, 0.3) is 0 Å². The zero-order chi connectivity index (χ0) is 15.1. The van der Waals surface area contributed by atoms with E-state index in [-0.39, 0.29) is 6.03 Å². The van der Waals surface area contributed by atoms with Crippen molar-refractivity contribution < 1.29 is 4.79 Å². The van der Waals surface area contributed by atoms with Crippen molar-refractivity contribution >= 4 is 29.0 Å². The molecule has 0 atom stereocenters. The number of urea groups is 1. The van der Waals surface area contributed by atoms with Gasteiger partial charge in [-0.3, -0.25) is 0 Å². The molecule has 0 aliphatic heterocycles. The molecule has 0 fully saturated rings. The Labute approximate surface area is 132 Å². The highest BCUT2D eigenvalue weighted by Crippen LogP contribution is 2.16. The number of nitrogens with zero attached hydrogens (tertiary/aromatic N) is 1. The van der Waals surface area contributed by atoms with Crippen LogP contribution < -0.4 is 10.6 Å². The Morgan fingerprint density at radius 1 is 1.33 bits per heavy atom. The number of thiophene rings is 1. The lowest BCUT2D eigenvalue weighted by Crippen LogP contribution is -2.36. The molecule has 2 aromatic rings. The van der Waals surface area contributed by atoms with Gasteiger partial charge in [-0.2, -0.15) is 5.26 Å². The third-order valence-electron chi connectivity index (χ3n) is 2.84. The number of rotatable bonds is 5. The Bertz CT molecular complexity index is 649. The van der Waals surface area contributed by atoms with Crippen molar-refractivity contribution in [3.8, 4) is 6.07 Å². The van der Waals surface area contributed by atoms with Crippen molar-refractivity contribution in [3.05, 3.63) is 56.7 Å². The molecule has 1 aromatic carbocycles. The summed E-state index contributed by atoms with van der Waals surface area (Å²) in [4.78, 5) is 12.9. The van der Waals surface area contributed by atoms with E-state index in [1.165, 1.54) is 4.88 Å². The van der Waals surface area contributed by atoms with Gasteiger partial charge in [-0.1, -0.05) is 23.7 Å². The van der Waals surface area contributed by atoms with Crippen molar-refractivity contribution in [1.29, 1.82) is 5.26 Å². The Hall–Kier alpha value is -2.03. The first kappa shape index (κ1) is 15.4. The van der Waals surface area contributed by atoms with E-state index in [4.69, 9.17) is 16.9 Å². The second kappa shape index (κ2) is 7.67. The molecule has 0 saturated heterocycles. The highest BCUT2D eigenvalue weighted by atomic mass is 35.5. The average Bonchev–Trinajstić information content (AvgIpc) is 2.98. The van der Waals surface area contributed by atoms with E-state index >= 15 is 0 Å². The van der Waals surface area contributed by atoms with E-state index in [1.807, 2.05) is 23.6 Å². The van der Waals surface area contributed by atoms with Crippen LogP contribution in [0.2, 0.25) is 5.02 Å². The minimum Gasteiger partial charge on any atom is -0.338 e. The van der Waals surface area contributed by atoms with Gasteiger partial charge in [0.05, 0.1) is 10.6 Å². The van der Waals surface area contributed by atoms with Gasteiger partial charge in [0.1, 0.15) is 6.07 Å². The molecule has 0 radical (unpaired) electrons. The SMILES string of the molecule is N#Cc1ccc(CNC(=O)NCCc2cccs2)cc1Cl. The highest BCUT2D eigenvalue weighted by molar-refractivity contribution is 7.09. The molecule has 0 spiro atoms. The molecule has 4 nitrogen and oxygen atoms in total. The van der Waals surface area contributed by atoms with Crippen LogP contribution in [0.25, 0.3) is 0 Å². The summed E-state index contributed by atoms with van der Waals surface area (Å²) in [5, 5.41) is 16.8. The monoisotopic (exact) mass is 319 g/mol. The molecular formula is C15H14ClN3OS. The van der Waals surface area contributed by atoms with E-state index in [2.05, 4.69) is 10.6 Å². The maximum Gasteiger partial charge on any atom is 0.315 e. The van der Waals surface area contributed by atoms with E-state index in [0.29, 0.717) is 23.7 Å². The second-order valence-electron chi connectivity index (χ2n) is 4.36. The number of hydrogen-bond donors (Lipinski definition) is 2. The number of nitriles is 1. The van der Waals surface area contributed by atoms with Gasteiger partial charge in [0.15, 0.2) is 0 Å². The molecule has 0 bridgehead atoms. The highest BCUT2D eigenvalue weighted by Gasteiger charge is 2.03. The standard InChI is InChI=1S/C15H14ClN3OS/c16-14-8-11(3-4-12(14)9-17)10-19-15(20)18-6-5-13-2-1-7-21-13/h1-4,7-8H,5-6,10H2,(H2,18,19,20). The lowest BCUT2D eigenvalue weighted by atomic mass is 10.1. The zero-order valence-corrected chi connectivity index (χ0v) is 12.8. The average molecular weight is 320 g/mol. The van der Waals surface area contributed by atoms with Crippen LogP contribution in [-0.2, 0) is 13.0 Å². The molecule has 1 aromatic heterocycles. The summed E-state index contributed by atoms with van der Waals surface area (Å²) in [5.41, 5.74) is 1.29. The van der Waals surface area contributed by atoms with Gasteiger partial charge in [-0.05, 0) is 35.6 Å². The van der Waals surface area contributed by atoms with E-state index in [1.54, 1.807) is 29.5 Å². The van der Waals surface area contributed by atoms with Crippen molar-refractivity contribution in [2.45, 2.75) is 13.0 Å². The van der Waals surface area contributed by atoms with E-state index in [0.717, 1.165) is 12.0 Å². The number of amides is 2. The predicted molar refractivity (Wildman–Crippen MR) is 84.4 cm³/mol. The Morgan fingerprint density at radius 3 is 2.86 bits per heavy atom. The fourth-order valence-electron chi connectivity index (χ4n) is 1.76. The van der Waals surface area contributed by atoms with Crippen LogP contribution in [0.5, 0.6) is 0 Å². The van der Waals surface area contributed by atoms with Crippen LogP contribution in [0, 0.1) is 11.3 Å². The minimum atomic E-state index is -0.216. The van der Waals surface area contributed by atoms with Crippen LogP contribution in [0.15, 0.2) is 35.7 Å². The summed E-state index contributed by atoms with van der Waals surface area (Å²) in [6, 6.07) is 10.9. The Kier molecular flexibility index (Phi) is 5.61. The molecule has 1 heterocycles. The molecule has 108 valence electrons. The van der Waals surface area contributed by atoms with Crippen molar-refractivity contribution in [2.75, 3.05) is 6.54 Å². The van der Waals surface area contributed by atoms with Crippen molar-refractivity contribution in [2.24, 2.45) is 0 Å². The van der Waals surface area contributed by atoms with Crippen LogP contribution in [0.3, 0.4) is 0 Å². The molecule has 21 heavy (non-hydrogen) atoms. The summed E-state index contributed by atoms with van der Waals surface area (Å²) < 4.78 is 0. The number of halogens is 1. The van der Waals surface area contributed by atoms with Crippen LogP contribution >= 0.6 is 22.9 Å². The largest absolute Gasteiger partial charge is 0.338 e. The first-order chi connectivity index (χ1) is 10.2. The first-order valence-corrected chi connectivity index (χ1v) is 7.67. The van der Waals surface area contributed by atoms with Crippen LogP contribution in [0.4, 0.5) is 4.79 Å². The molecule has 6 heteroatoms. The lowest BCUT2D eigenvalue weighted by Gasteiger charge is -2.08. The van der Waals surface area contributed by atoms with E-state index < -0.39 is 0 Å². The normalized spacial score (nSPS) is 9.90. The van der Waals surface area contributed by atoms with Gasteiger partial charge < -0.3 is 10.6 Å². The zero-order valence-electron chi connectivity index (χ0n) is 11.2. The van der Waals surface area contributed by atoms with Crippen molar-refractivity contribution in [3.63, 3.8) is 0 Å². The Balaban J connectivity index is 1.73. The van der Waals surface area contributed by atoms with Gasteiger partial charge >= 0.3 is 6.03 Å². The third-order valence-corrected chi connectivity index (χ3v) is 4.09. The maximum absolute atomic E-state index is 11.6. The van der Waals surface area contributed by atoms with Gasteiger partial charge in [-0.25, -0.2) is 4.79 Å². The second-order valence-corrected chi connectivity index (χ2v) is 5.80. The molecule has 2 amide bonds. The molecule has 2 N–H and O–H groups in total. The third kappa shape index (κ3) is 4.78. The van der Waals surface area contributed by atoms with E-state index in [9.17, 15) is 4.79 Å². The summed E-state index contributed by atoms with van der Waals surface area (Å²) in [6.45, 7) is 0.969. The first-order valence-electron chi connectivity index (χ1n) is 6.41. The molecule has 0 unspecified atom stereocenters. The van der Waals surface area contributed by atoms with Gasteiger partial charge in [0, 0.05) is 18.0 Å². The fourth-order valence-corrected chi connectivity index (χ4v) is 2.71. The number of nitrogens with one attached hydrogen (secondary N) is 2. The number of benzene rings is 1. The Morgan fingerprint density at radius 2 is 2.19 bits per heavy atom. The molecule has 2 rings (SSSR count). The molecular weight excluding hydrogens is 306 g/mol. The number of carbonyl (C=O) groups is 1. The summed E-state index contributed by atoms with van der Waals surface area (Å²) in [5.74, 6) is 0. The molecule has 0 saturated carbocycles. The van der Waals surface area contributed by atoms with Crippen LogP contribution in [0.1, 0.15) is 16.0 Å². The maximum atomic E-state index is 11.6. The predicted octanol–water partition coefficient (Wildman–Crippen LogP) is 3.32. The molecule has 0 aliphatic rings.